The van der Waals surface area contributed by atoms with Gasteiger partial charge < -0.3 is 10.2 Å². The van der Waals surface area contributed by atoms with E-state index in [0.29, 0.717) is 35.2 Å². The molecule has 2 N–H and O–H groups in total. The molecular formula is C17H17Cl2N7. The lowest BCUT2D eigenvalue weighted by atomic mass is 10.2. The second-order valence-corrected chi connectivity index (χ2v) is 7.03. The molecule has 2 aromatic heterocycles. The molecule has 0 aliphatic heterocycles. The average molecular weight is 390 g/mol. The first-order valence-corrected chi connectivity index (χ1v) is 9.02. The van der Waals surface area contributed by atoms with Crippen molar-refractivity contribution in [3.63, 3.8) is 0 Å². The highest BCUT2D eigenvalue weighted by Gasteiger charge is 2.25. The van der Waals surface area contributed by atoms with Crippen LogP contribution in [0.1, 0.15) is 30.0 Å². The van der Waals surface area contributed by atoms with Crippen molar-refractivity contribution in [2.45, 2.75) is 25.3 Å². The van der Waals surface area contributed by atoms with E-state index in [2.05, 4.69) is 30.5 Å². The molecule has 9 heteroatoms. The molecule has 4 rings (SSSR count). The van der Waals surface area contributed by atoms with Gasteiger partial charge in [0.1, 0.15) is 0 Å². The quantitative estimate of drug-likeness (QED) is 0.658. The molecule has 0 amide bonds. The van der Waals surface area contributed by atoms with Crippen LogP contribution in [0.25, 0.3) is 0 Å². The lowest BCUT2D eigenvalue weighted by Gasteiger charge is -2.18. The number of nitrogens with one attached hydrogen (secondary N) is 2. The second-order valence-electron chi connectivity index (χ2n) is 6.28. The lowest BCUT2D eigenvalue weighted by molar-refractivity contribution is 0.855. The largest absolute Gasteiger partial charge is 0.339 e. The zero-order valence-corrected chi connectivity index (χ0v) is 15.6. The standard InChI is InChI=1S/C17H17Cl2N7/c1-26(9-11-4-2-3-5-12(11)18)17-22-15(19)21-16(23-17)20-14-8-13(24-25-14)10-6-7-10/h2-5,8,10H,6-7,9H2,1H3,(H2,20,21,22,23,24,25). The molecular weight excluding hydrogens is 373 g/mol. The number of anilines is 3. The highest BCUT2D eigenvalue weighted by atomic mass is 35.5. The number of aromatic nitrogens is 5. The third-order valence-electron chi connectivity index (χ3n) is 4.16. The smallest absolute Gasteiger partial charge is 0.234 e. The summed E-state index contributed by atoms with van der Waals surface area (Å²) in [4.78, 5) is 14.6. The van der Waals surface area contributed by atoms with E-state index >= 15 is 0 Å². The Morgan fingerprint density at radius 3 is 2.77 bits per heavy atom. The van der Waals surface area contributed by atoms with Gasteiger partial charge >= 0.3 is 0 Å². The number of halogens is 2. The van der Waals surface area contributed by atoms with Gasteiger partial charge in [0.05, 0.1) is 0 Å². The van der Waals surface area contributed by atoms with E-state index in [4.69, 9.17) is 23.2 Å². The fraction of sp³-hybridized carbons (Fsp3) is 0.294. The van der Waals surface area contributed by atoms with Crippen LogP contribution in [0, 0.1) is 0 Å². The molecule has 2 heterocycles. The van der Waals surface area contributed by atoms with Gasteiger partial charge in [-0.15, -0.1) is 0 Å². The van der Waals surface area contributed by atoms with Gasteiger partial charge in [-0.3, -0.25) is 5.10 Å². The molecule has 1 aliphatic carbocycles. The molecule has 1 saturated carbocycles. The number of benzene rings is 1. The van der Waals surface area contributed by atoms with Crippen molar-refractivity contribution >= 4 is 40.9 Å². The number of rotatable bonds is 6. The molecule has 0 radical (unpaired) electrons. The van der Waals surface area contributed by atoms with Crippen molar-refractivity contribution in [2.24, 2.45) is 0 Å². The molecule has 0 saturated heterocycles. The topological polar surface area (TPSA) is 82.6 Å². The van der Waals surface area contributed by atoms with E-state index in [1.807, 2.05) is 42.3 Å². The lowest BCUT2D eigenvalue weighted by Crippen LogP contribution is -2.20. The number of H-pyrrole nitrogens is 1. The minimum Gasteiger partial charge on any atom is -0.339 e. The number of aromatic amines is 1. The van der Waals surface area contributed by atoms with E-state index in [0.717, 1.165) is 11.3 Å². The van der Waals surface area contributed by atoms with Crippen LogP contribution >= 0.6 is 23.2 Å². The first kappa shape index (κ1) is 17.1. The molecule has 1 aromatic carbocycles. The maximum atomic E-state index is 6.23. The van der Waals surface area contributed by atoms with E-state index in [9.17, 15) is 0 Å². The number of nitrogens with zero attached hydrogens (tertiary/aromatic N) is 5. The van der Waals surface area contributed by atoms with Crippen LogP contribution in [0.15, 0.2) is 30.3 Å². The second kappa shape index (κ2) is 7.09. The van der Waals surface area contributed by atoms with E-state index in [-0.39, 0.29) is 5.28 Å². The van der Waals surface area contributed by atoms with Crippen molar-refractivity contribution in [2.75, 3.05) is 17.3 Å². The zero-order chi connectivity index (χ0) is 18.1. The van der Waals surface area contributed by atoms with Gasteiger partial charge in [0.25, 0.3) is 0 Å². The monoisotopic (exact) mass is 389 g/mol. The molecule has 0 spiro atoms. The molecule has 0 atom stereocenters. The van der Waals surface area contributed by atoms with E-state index < -0.39 is 0 Å². The van der Waals surface area contributed by atoms with E-state index in [1.165, 1.54) is 12.8 Å². The maximum Gasteiger partial charge on any atom is 0.234 e. The molecule has 26 heavy (non-hydrogen) atoms. The van der Waals surface area contributed by atoms with Crippen molar-refractivity contribution in [3.8, 4) is 0 Å². The Morgan fingerprint density at radius 1 is 1.19 bits per heavy atom. The summed E-state index contributed by atoms with van der Waals surface area (Å²) in [6.45, 7) is 0.549. The summed E-state index contributed by atoms with van der Waals surface area (Å²) in [5.41, 5.74) is 2.10. The average Bonchev–Trinajstić information content (AvgIpc) is 3.36. The Bertz CT molecular complexity index is 923. The molecule has 134 valence electrons. The zero-order valence-electron chi connectivity index (χ0n) is 14.1. The first-order valence-electron chi connectivity index (χ1n) is 8.27. The van der Waals surface area contributed by atoms with Crippen molar-refractivity contribution in [1.82, 2.24) is 25.1 Å². The van der Waals surface area contributed by atoms with Crippen LogP contribution in [0.4, 0.5) is 17.7 Å². The third-order valence-corrected chi connectivity index (χ3v) is 4.70. The summed E-state index contributed by atoms with van der Waals surface area (Å²) in [6.07, 6.45) is 2.41. The van der Waals surface area contributed by atoms with Gasteiger partial charge in [-0.1, -0.05) is 29.8 Å². The van der Waals surface area contributed by atoms with Gasteiger partial charge in [-0.05, 0) is 36.1 Å². The van der Waals surface area contributed by atoms with Crippen molar-refractivity contribution in [3.05, 3.63) is 51.9 Å². The van der Waals surface area contributed by atoms with Gasteiger partial charge in [0.2, 0.25) is 17.2 Å². The molecule has 7 nitrogen and oxygen atoms in total. The molecule has 3 aromatic rings. The van der Waals surface area contributed by atoms with Gasteiger partial charge in [-0.25, -0.2) is 0 Å². The highest BCUT2D eigenvalue weighted by molar-refractivity contribution is 6.31. The van der Waals surface area contributed by atoms with Gasteiger partial charge in [0.15, 0.2) is 5.82 Å². The minimum absolute atomic E-state index is 0.112. The predicted octanol–water partition coefficient (Wildman–Crippen LogP) is 4.16. The SMILES string of the molecule is CN(Cc1ccccc1Cl)c1nc(Cl)nc(Nc2cc(C3CC3)[nH]n2)n1. The summed E-state index contributed by atoms with van der Waals surface area (Å²) >= 11 is 12.3. The van der Waals surface area contributed by atoms with Crippen LogP contribution in [-0.2, 0) is 6.54 Å². The Balaban J connectivity index is 1.52. The normalized spacial score (nSPS) is 13.7. The Hall–Kier alpha value is -2.38. The molecule has 1 fully saturated rings. The summed E-state index contributed by atoms with van der Waals surface area (Å²) in [5, 5.41) is 11.2. The first-order chi connectivity index (χ1) is 12.6. The third kappa shape index (κ3) is 3.89. The summed E-state index contributed by atoms with van der Waals surface area (Å²) in [6, 6.07) is 9.63. The van der Waals surface area contributed by atoms with Gasteiger partial charge in [0, 0.05) is 36.3 Å². The molecule has 0 unspecified atom stereocenters. The number of hydrogen-bond acceptors (Lipinski definition) is 6. The molecule has 0 bridgehead atoms. The van der Waals surface area contributed by atoms with Crippen LogP contribution in [0.2, 0.25) is 10.3 Å². The fourth-order valence-corrected chi connectivity index (χ4v) is 2.99. The van der Waals surface area contributed by atoms with Crippen LogP contribution < -0.4 is 10.2 Å². The molecule has 1 aliphatic rings. The van der Waals surface area contributed by atoms with E-state index in [1.54, 1.807) is 0 Å². The summed E-state index contributed by atoms with van der Waals surface area (Å²) < 4.78 is 0. The van der Waals surface area contributed by atoms with Crippen molar-refractivity contribution < 1.29 is 0 Å². The summed E-state index contributed by atoms with van der Waals surface area (Å²) in [5.74, 6) is 2.05. The maximum absolute atomic E-state index is 6.23. The minimum atomic E-state index is 0.112. The predicted molar refractivity (Wildman–Crippen MR) is 102 cm³/mol. The van der Waals surface area contributed by atoms with Crippen LogP contribution in [0.5, 0.6) is 0 Å². The number of hydrogen-bond donors (Lipinski definition) is 2. The Morgan fingerprint density at radius 2 is 2.00 bits per heavy atom. The van der Waals surface area contributed by atoms with Crippen LogP contribution in [-0.4, -0.2) is 32.2 Å². The summed E-state index contributed by atoms with van der Waals surface area (Å²) in [7, 11) is 1.87. The Kier molecular flexibility index (Phi) is 4.65. The van der Waals surface area contributed by atoms with Gasteiger partial charge in [-0.2, -0.15) is 20.1 Å². The fourth-order valence-electron chi connectivity index (χ4n) is 2.64. The Labute approximate surface area is 160 Å². The van der Waals surface area contributed by atoms with Crippen LogP contribution in [0.3, 0.4) is 0 Å². The highest BCUT2D eigenvalue weighted by Crippen LogP contribution is 2.39. The van der Waals surface area contributed by atoms with Crippen molar-refractivity contribution in [1.29, 1.82) is 0 Å².